The number of ether oxygens (including phenoxy) is 1. The number of fused-ring (bicyclic) bond motifs is 1. The lowest BCUT2D eigenvalue weighted by Crippen LogP contribution is -1.97. The monoisotopic (exact) mass is 314 g/mol. The number of aryl methyl sites for hydroxylation is 1. The number of benzene rings is 1. The summed E-state index contributed by atoms with van der Waals surface area (Å²) in [5.41, 5.74) is 4.24. The summed E-state index contributed by atoms with van der Waals surface area (Å²) < 4.78 is 7.75. The smallest absolute Gasteiger partial charge is 0.137 e. The van der Waals surface area contributed by atoms with Crippen LogP contribution in [0, 0.1) is 6.92 Å². The number of hydrogen-bond acceptors (Lipinski definition) is 2. The molecule has 1 aromatic carbocycles. The van der Waals surface area contributed by atoms with Crippen molar-refractivity contribution < 1.29 is 4.74 Å². The molecule has 0 amide bonds. The van der Waals surface area contributed by atoms with Gasteiger partial charge in [-0.1, -0.05) is 6.07 Å². The molecule has 0 aliphatic heterocycles. The average Bonchev–Trinajstić information content (AvgIpc) is 2.95. The third-order valence-electron chi connectivity index (χ3n) is 3.55. The molecule has 0 aliphatic carbocycles. The van der Waals surface area contributed by atoms with E-state index in [9.17, 15) is 0 Å². The Bertz CT molecular complexity index is 749. The maximum Gasteiger partial charge on any atom is 0.137 e. The lowest BCUT2D eigenvalue weighted by atomic mass is 10.1. The fraction of sp³-hybridized carbons (Fsp3) is 0.278. The summed E-state index contributed by atoms with van der Waals surface area (Å²) in [6, 6.07) is 12.2. The maximum atomic E-state index is 5.69. The molecule has 0 saturated heterocycles. The Labute approximate surface area is 135 Å². The maximum absolute atomic E-state index is 5.69. The zero-order chi connectivity index (χ0) is 15.4. The highest BCUT2D eigenvalue weighted by Gasteiger charge is 2.05. The first-order valence-electron chi connectivity index (χ1n) is 7.51. The molecule has 3 rings (SSSR count). The van der Waals surface area contributed by atoms with E-state index < -0.39 is 0 Å². The second-order valence-corrected chi connectivity index (χ2v) is 5.74. The van der Waals surface area contributed by atoms with Gasteiger partial charge in [-0.05, 0) is 55.7 Å². The largest absolute Gasteiger partial charge is 0.494 e. The second-order valence-electron chi connectivity index (χ2n) is 5.37. The summed E-state index contributed by atoms with van der Waals surface area (Å²) in [7, 11) is 0. The summed E-state index contributed by atoms with van der Waals surface area (Å²) in [6.45, 7) is 2.79. The quantitative estimate of drug-likeness (QED) is 0.486. The van der Waals surface area contributed by atoms with E-state index in [1.165, 1.54) is 5.56 Å². The predicted molar refractivity (Wildman–Crippen MR) is 90.8 cm³/mol. The molecular formula is C18H19ClN2O. The molecule has 4 heteroatoms. The van der Waals surface area contributed by atoms with Gasteiger partial charge >= 0.3 is 0 Å². The Morgan fingerprint density at radius 2 is 1.86 bits per heavy atom. The lowest BCUT2D eigenvalue weighted by Gasteiger charge is -2.05. The third kappa shape index (κ3) is 3.42. The van der Waals surface area contributed by atoms with Gasteiger partial charge in [0, 0.05) is 23.8 Å². The summed E-state index contributed by atoms with van der Waals surface area (Å²) in [5.74, 6) is 1.58. The van der Waals surface area contributed by atoms with Gasteiger partial charge in [0.2, 0.25) is 0 Å². The van der Waals surface area contributed by atoms with Crippen LogP contribution in [-0.4, -0.2) is 21.9 Å². The number of nitrogens with zero attached hydrogens (tertiary/aromatic N) is 2. The molecule has 0 fully saturated rings. The number of aromatic nitrogens is 2. The van der Waals surface area contributed by atoms with Crippen LogP contribution in [0.4, 0.5) is 0 Å². The first kappa shape index (κ1) is 14.9. The molecule has 114 valence electrons. The van der Waals surface area contributed by atoms with Crippen molar-refractivity contribution in [3.8, 4) is 17.0 Å². The van der Waals surface area contributed by atoms with Crippen LogP contribution in [0.3, 0.4) is 0 Å². The summed E-state index contributed by atoms with van der Waals surface area (Å²) in [4.78, 5) is 4.65. The Morgan fingerprint density at radius 1 is 1.05 bits per heavy atom. The van der Waals surface area contributed by atoms with Crippen molar-refractivity contribution in [3.05, 3.63) is 54.4 Å². The van der Waals surface area contributed by atoms with Crippen molar-refractivity contribution in [2.75, 3.05) is 12.5 Å². The van der Waals surface area contributed by atoms with E-state index in [0.29, 0.717) is 12.5 Å². The molecule has 3 aromatic rings. The van der Waals surface area contributed by atoms with E-state index in [4.69, 9.17) is 16.3 Å². The van der Waals surface area contributed by atoms with Crippen LogP contribution in [0.1, 0.15) is 18.4 Å². The lowest BCUT2D eigenvalue weighted by molar-refractivity contribution is 0.310. The highest BCUT2D eigenvalue weighted by atomic mass is 35.5. The number of alkyl halides is 1. The molecule has 22 heavy (non-hydrogen) atoms. The van der Waals surface area contributed by atoms with Crippen molar-refractivity contribution in [1.29, 1.82) is 0 Å². The number of halogens is 1. The van der Waals surface area contributed by atoms with Gasteiger partial charge in [0.25, 0.3) is 0 Å². The van der Waals surface area contributed by atoms with Crippen LogP contribution in [0.25, 0.3) is 16.9 Å². The van der Waals surface area contributed by atoms with Crippen LogP contribution >= 0.6 is 11.6 Å². The molecule has 0 unspecified atom stereocenters. The number of rotatable bonds is 6. The van der Waals surface area contributed by atoms with E-state index in [1.54, 1.807) is 0 Å². The normalized spacial score (nSPS) is 11.0. The van der Waals surface area contributed by atoms with E-state index in [-0.39, 0.29) is 0 Å². The molecule has 3 nitrogen and oxygen atoms in total. The second kappa shape index (κ2) is 6.84. The Kier molecular flexibility index (Phi) is 4.64. The van der Waals surface area contributed by atoms with Crippen LogP contribution in [0.5, 0.6) is 5.75 Å². The molecule has 0 N–H and O–H groups in total. The zero-order valence-electron chi connectivity index (χ0n) is 12.6. The molecule has 2 aromatic heterocycles. The van der Waals surface area contributed by atoms with Gasteiger partial charge in [-0.2, -0.15) is 0 Å². The highest BCUT2D eigenvalue weighted by molar-refractivity contribution is 6.17. The zero-order valence-corrected chi connectivity index (χ0v) is 13.4. The summed E-state index contributed by atoms with van der Waals surface area (Å²) in [6.07, 6.45) is 6.11. The Morgan fingerprint density at radius 3 is 2.64 bits per heavy atom. The fourth-order valence-electron chi connectivity index (χ4n) is 2.35. The minimum absolute atomic E-state index is 0.690. The van der Waals surface area contributed by atoms with Crippen molar-refractivity contribution in [3.63, 3.8) is 0 Å². The molecular weight excluding hydrogens is 296 g/mol. The van der Waals surface area contributed by atoms with E-state index >= 15 is 0 Å². The van der Waals surface area contributed by atoms with Crippen LogP contribution in [0.15, 0.2) is 48.8 Å². The summed E-state index contributed by atoms with van der Waals surface area (Å²) in [5, 5.41) is 0. The standard InChI is InChI=1S/C18H19ClN2O/c1-14-4-9-18-20-17(13-21(18)12-14)15-5-7-16(8-6-15)22-11-3-2-10-19/h4-9,12-13H,2-3,10-11H2,1H3. The molecule has 0 saturated carbocycles. The predicted octanol–water partition coefficient (Wildman–Crippen LogP) is 4.71. The van der Waals surface area contributed by atoms with Crippen molar-refractivity contribution >= 4 is 17.2 Å². The molecule has 0 atom stereocenters. The van der Waals surface area contributed by atoms with Gasteiger partial charge < -0.3 is 9.14 Å². The average molecular weight is 315 g/mol. The van der Waals surface area contributed by atoms with Crippen molar-refractivity contribution in [1.82, 2.24) is 9.38 Å². The van der Waals surface area contributed by atoms with Gasteiger partial charge in [-0.15, -0.1) is 11.6 Å². The number of pyridine rings is 1. The van der Waals surface area contributed by atoms with Gasteiger partial charge in [0.15, 0.2) is 0 Å². The van der Waals surface area contributed by atoms with Gasteiger partial charge in [-0.25, -0.2) is 4.98 Å². The van der Waals surface area contributed by atoms with Gasteiger partial charge in [-0.3, -0.25) is 0 Å². The number of unbranched alkanes of at least 4 members (excludes halogenated alkanes) is 1. The van der Waals surface area contributed by atoms with Crippen molar-refractivity contribution in [2.24, 2.45) is 0 Å². The third-order valence-corrected chi connectivity index (χ3v) is 3.81. The first-order chi connectivity index (χ1) is 10.8. The van der Waals surface area contributed by atoms with Crippen LogP contribution < -0.4 is 4.74 Å². The topological polar surface area (TPSA) is 26.5 Å². The molecule has 0 spiro atoms. The molecule has 0 bridgehead atoms. The Balaban J connectivity index is 1.73. The minimum Gasteiger partial charge on any atom is -0.494 e. The Hall–Kier alpha value is -2.00. The van der Waals surface area contributed by atoms with E-state index in [0.717, 1.165) is 35.5 Å². The van der Waals surface area contributed by atoms with E-state index in [2.05, 4.69) is 34.8 Å². The molecule has 0 aliphatic rings. The van der Waals surface area contributed by atoms with Crippen LogP contribution in [-0.2, 0) is 0 Å². The fourth-order valence-corrected chi connectivity index (χ4v) is 2.54. The first-order valence-corrected chi connectivity index (χ1v) is 8.04. The number of imidazole rings is 1. The minimum atomic E-state index is 0.690. The highest BCUT2D eigenvalue weighted by Crippen LogP contribution is 2.22. The number of hydrogen-bond donors (Lipinski definition) is 0. The summed E-state index contributed by atoms with van der Waals surface area (Å²) >= 11 is 5.65. The van der Waals surface area contributed by atoms with Gasteiger partial charge in [0.05, 0.1) is 12.3 Å². The molecule has 0 radical (unpaired) electrons. The van der Waals surface area contributed by atoms with Crippen LogP contribution in [0.2, 0.25) is 0 Å². The molecule has 2 heterocycles. The SMILES string of the molecule is Cc1ccc2nc(-c3ccc(OCCCCCl)cc3)cn2c1. The van der Waals surface area contributed by atoms with E-state index in [1.807, 2.05) is 30.3 Å². The van der Waals surface area contributed by atoms with Gasteiger partial charge in [0.1, 0.15) is 11.4 Å². The van der Waals surface area contributed by atoms with Crippen molar-refractivity contribution in [2.45, 2.75) is 19.8 Å².